The van der Waals surface area contributed by atoms with Crippen LogP contribution in [0.25, 0.3) is 0 Å². The number of hydrogen-bond acceptors (Lipinski definition) is 3. The van der Waals surface area contributed by atoms with Crippen molar-refractivity contribution < 1.29 is 18.0 Å². The first kappa shape index (κ1) is 19.3. The van der Waals surface area contributed by atoms with Crippen LogP contribution in [-0.4, -0.2) is 41.8 Å². The van der Waals surface area contributed by atoms with Crippen LogP contribution < -0.4 is 16.0 Å². The van der Waals surface area contributed by atoms with Crippen molar-refractivity contribution in [3.8, 4) is 0 Å². The molecule has 26 heavy (non-hydrogen) atoms. The minimum absolute atomic E-state index is 0.225. The number of aryl methyl sites for hydroxylation is 1. The Hall–Kier alpha value is -3.04. The van der Waals surface area contributed by atoms with Crippen LogP contribution in [0, 0.1) is 17.5 Å². The molecule has 0 radical (unpaired) electrons. The highest BCUT2D eigenvalue weighted by Crippen LogP contribution is 2.19. The summed E-state index contributed by atoms with van der Waals surface area (Å²) in [6, 6.07) is 3.53. The van der Waals surface area contributed by atoms with Crippen molar-refractivity contribution in [2.45, 2.75) is 13.0 Å². The summed E-state index contributed by atoms with van der Waals surface area (Å²) in [6.07, 6.45) is 4.34. The molecule has 0 fully saturated rings. The lowest BCUT2D eigenvalue weighted by molar-refractivity contribution is -0.115. The summed E-state index contributed by atoms with van der Waals surface area (Å²) in [5.41, 5.74) is -0.433. The van der Waals surface area contributed by atoms with Crippen LogP contribution in [0.5, 0.6) is 0 Å². The predicted molar refractivity (Wildman–Crippen MR) is 91.2 cm³/mol. The molecule has 0 atom stereocenters. The number of rotatable bonds is 7. The highest BCUT2D eigenvalue weighted by molar-refractivity contribution is 5.95. The summed E-state index contributed by atoms with van der Waals surface area (Å²) in [5.74, 6) is -4.65. The van der Waals surface area contributed by atoms with E-state index in [9.17, 15) is 18.0 Å². The number of benzene rings is 1. The van der Waals surface area contributed by atoms with Gasteiger partial charge in [-0.1, -0.05) is 0 Å². The van der Waals surface area contributed by atoms with E-state index >= 15 is 0 Å². The van der Waals surface area contributed by atoms with E-state index in [1.807, 2.05) is 12.3 Å². The molecule has 10 heteroatoms. The number of aliphatic imine (C=N–C) groups is 1. The quantitative estimate of drug-likeness (QED) is 0.299. The minimum atomic E-state index is -1.63. The van der Waals surface area contributed by atoms with Gasteiger partial charge >= 0.3 is 0 Å². The third kappa shape index (κ3) is 5.50. The number of hydrogen-bond donors (Lipinski definition) is 3. The Morgan fingerprint density at radius 1 is 1.23 bits per heavy atom. The second-order valence-corrected chi connectivity index (χ2v) is 5.25. The van der Waals surface area contributed by atoms with E-state index in [1.54, 1.807) is 10.9 Å². The first-order valence-electron chi connectivity index (χ1n) is 7.86. The largest absolute Gasteiger partial charge is 0.356 e. The van der Waals surface area contributed by atoms with Gasteiger partial charge in [0, 0.05) is 32.5 Å². The molecular weight excluding hydrogens is 349 g/mol. The van der Waals surface area contributed by atoms with Crippen LogP contribution >= 0.6 is 0 Å². The normalized spacial score (nSPS) is 11.3. The molecular formula is C16H19F3N6O. The maximum Gasteiger partial charge on any atom is 0.243 e. The van der Waals surface area contributed by atoms with Crippen molar-refractivity contribution in [3.05, 3.63) is 48.0 Å². The first-order valence-corrected chi connectivity index (χ1v) is 7.86. The third-order valence-electron chi connectivity index (χ3n) is 3.36. The van der Waals surface area contributed by atoms with Gasteiger partial charge in [-0.25, -0.2) is 13.2 Å². The minimum Gasteiger partial charge on any atom is -0.356 e. The van der Waals surface area contributed by atoms with E-state index in [-0.39, 0.29) is 6.54 Å². The van der Waals surface area contributed by atoms with Crippen LogP contribution in [-0.2, 0) is 11.3 Å². The van der Waals surface area contributed by atoms with Crippen LogP contribution in [0.3, 0.4) is 0 Å². The molecule has 0 bridgehead atoms. The number of carbonyl (C=O) groups excluding carboxylic acids is 1. The molecule has 1 amide bonds. The Labute approximate surface area is 148 Å². The zero-order valence-corrected chi connectivity index (χ0v) is 14.1. The van der Waals surface area contributed by atoms with Gasteiger partial charge in [0.2, 0.25) is 5.91 Å². The number of carbonyl (C=O) groups is 1. The van der Waals surface area contributed by atoms with Crippen molar-refractivity contribution in [2.24, 2.45) is 4.99 Å². The zero-order chi connectivity index (χ0) is 18.9. The molecule has 0 aliphatic carbocycles. The van der Waals surface area contributed by atoms with Crippen LogP contribution in [0.2, 0.25) is 0 Å². The lowest BCUT2D eigenvalue weighted by Gasteiger charge is -2.12. The molecule has 0 unspecified atom stereocenters. The van der Waals surface area contributed by atoms with Gasteiger partial charge in [-0.3, -0.25) is 14.5 Å². The van der Waals surface area contributed by atoms with Crippen molar-refractivity contribution in [3.63, 3.8) is 0 Å². The summed E-state index contributed by atoms with van der Waals surface area (Å²) >= 11 is 0. The molecule has 0 aliphatic rings. The second-order valence-electron chi connectivity index (χ2n) is 5.25. The van der Waals surface area contributed by atoms with Crippen molar-refractivity contribution in [1.82, 2.24) is 20.4 Å². The standard InChI is InChI=1S/C16H19F3N6O/c1-20-16(21-6-2-8-25-9-3-7-23-25)22-10-13(26)24-12-5-4-11(17)14(18)15(12)19/h3-5,7,9H,2,6,8,10H2,1H3,(H,24,26)(H2,20,21,22). The number of amides is 1. The monoisotopic (exact) mass is 368 g/mol. The fourth-order valence-electron chi connectivity index (χ4n) is 2.08. The lowest BCUT2D eigenvalue weighted by atomic mass is 10.2. The summed E-state index contributed by atoms with van der Waals surface area (Å²) in [7, 11) is 1.54. The average molecular weight is 368 g/mol. The van der Waals surface area contributed by atoms with Gasteiger partial charge in [0.25, 0.3) is 0 Å². The topological polar surface area (TPSA) is 83.3 Å². The van der Waals surface area contributed by atoms with Gasteiger partial charge in [0.05, 0.1) is 12.2 Å². The number of aromatic nitrogens is 2. The molecule has 3 N–H and O–H groups in total. The van der Waals surface area contributed by atoms with Gasteiger partial charge in [-0.15, -0.1) is 0 Å². The molecule has 2 rings (SSSR count). The fraction of sp³-hybridized carbons (Fsp3) is 0.312. The summed E-state index contributed by atoms with van der Waals surface area (Å²) in [4.78, 5) is 15.8. The number of guanidine groups is 1. The van der Waals surface area contributed by atoms with Gasteiger partial charge in [0.15, 0.2) is 23.4 Å². The van der Waals surface area contributed by atoms with Gasteiger partial charge in [-0.05, 0) is 24.6 Å². The molecule has 0 aliphatic heterocycles. The predicted octanol–water partition coefficient (Wildman–Crippen LogP) is 1.49. The molecule has 0 saturated carbocycles. The number of halogens is 3. The summed E-state index contributed by atoms with van der Waals surface area (Å²) in [5, 5.41) is 12.0. The summed E-state index contributed by atoms with van der Waals surface area (Å²) in [6.45, 7) is 1.10. The SMILES string of the molecule is CN=C(NCCCn1cccn1)NCC(=O)Nc1ccc(F)c(F)c1F. The molecule has 1 aromatic heterocycles. The van der Waals surface area contributed by atoms with Crippen molar-refractivity contribution in [2.75, 3.05) is 25.5 Å². The van der Waals surface area contributed by atoms with E-state index in [0.717, 1.165) is 25.1 Å². The van der Waals surface area contributed by atoms with Crippen LogP contribution in [0.4, 0.5) is 18.9 Å². The number of nitrogens with one attached hydrogen (secondary N) is 3. The highest BCUT2D eigenvalue weighted by Gasteiger charge is 2.15. The van der Waals surface area contributed by atoms with Crippen molar-refractivity contribution >= 4 is 17.6 Å². The molecule has 7 nitrogen and oxygen atoms in total. The molecule has 1 heterocycles. The van der Waals surface area contributed by atoms with E-state index in [0.29, 0.717) is 12.5 Å². The van der Waals surface area contributed by atoms with Gasteiger partial charge in [-0.2, -0.15) is 5.10 Å². The Bertz CT molecular complexity index is 764. The fourth-order valence-corrected chi connectivity index (χ4v) is 2.08. The smallest absolute Gasteiger partial charge is 0.243 e. The molecule has 2 aromatic rings. The molecule has 0 saturated heterocycles. The second kappa shape index (κ2) is 9.44. The Kier molecular flexibility index (Phi) is 7.01. The van der Waals surface area contributed by atoms with E-state index in [2.05, 4.69) is 26.0 Å². The Morgan fingerprint density at radius 3 is 2.73 bits per heavy atom. The highest BCUT2D eigenvalue weighted by atomic mass is 19.2. The molecule has 140 valence electrons. The maximum absolute atomic E-state index is 13.5. The lowest BCUT2D eigenvalue weighted by Crippen LogP contribution is -2.41. The Morgan fingerprint density at radius 2 is 2.04 bits per heavy atom. The van der Waals surface area contributed by atoms with Crippen molar-refractivity contribution in [1.29, 1.82) is 0 Å². The van der Waals surface area contributed by atoms with E-state index in [4.69, 9.17) is 0 Å². The van der Waals surface area contributed by atoms with Crippen LogP contribution in [0.15, 0.2) is 35.6 Å². The van der Waals surface area contributed by atoms with Gasteiger partial charge < -0.3 is 16.0 Å². The molecule has 1 aromatic carbocycles. The maximum atomic E-state index is 13.5. The van der Waals surface area contributed by atoms with Gasteiger partial charge in [0.1, 0.15) is 0 Å². The van der Waals surface area contributed by atoms with E-state index in [1.165, 1.54) is 7.05 Å². The van der Waals surface area contributed by atoms with Crippen LogP contribution in [0.1, 0.15) is 6.42 Å². The van der Waals surface area contributed by atoms with E-state index < -0.39 is 29.0 Å². The average Bonchev–Trinajstić information content (AvgIpc) is 3.15. The third-order valence-corrected chi connectivity index (χ3v) is 3.36. The zero-order valence-electron chi connectivity index (χ0n) is 14.1. The number of anilines is 1. The Balaban J connectivity index is 1.73. The summed E-state index contributed by atoms with van der Waals surface area (Å²) < 4.78 is 41.3. The molecule has 0 spiro atoms. The number of nitrogens with zero attached hydrogens (tertiary/aromatic N) is 3. The first-order chi connectivity index (χ1) is 12.5.